The van der Waals surface area contributed by atoms with Gasteiger partial charge in [0.15, 0.2) is 0 Å². The maximum Gasteiger partial charge on any atom is 0.223 e. The number of hydrogen-bond acceptors (Lipinski definition) is 3. The molecule has 0 radical (unpaired) electrons. The number of rotatable bonds is 6. The van der Waals surface area contributed by atoms with Gasteiger partial charge in [-0.2, -0.15) is 11.3 Å². The normalized spacial score (nSPS) is 12.5. The molecule has 0 bridgehead atoms. The lowest BCUT2D eigenvalue weighted by Gasteiger charge is -2.09. The molecule has 1 amide bonds. The number of thiophene rings is 1. The van der Waals surface area contributed by atoms with Gasteiger partial charge in [-0.1, -0.05) is 42.0 Å². The zero-order valence-corrected chi connectivity index (χ0v) is 12.8. The van der Waals surface area contributed by atoms with E-state index in [0.29, 0.717) is 6.42 Å². The van der Waals surface area contributed by atoms with Crippen molar-refractivity contribution in [2.45, 2.75) is 19.4 Å². The molecule has 3 nitrogen and oxygen atoms in total. The Morgan fingerprint density at radius 1 is 1.33 bits per heavy atom. The molecule has 1 aromatic carbocycles. The molecule has 0 aliphatic rings. The smallest absolute Gasteiger partial charge is 0.223 e. The highest BCUT2D eigenvalue weighted by Gasteiger charge is 2.08. The van der Waals surface area contributed by atoms with Crippen LogP contribution in [0.4, 0.5) is 0 Å². The summed E-state index contributed by atoms with van der Waals surface area (Å²) in [6, 6.07) is 9.97. The van der Waals surface area contributed by atoms with Gasteiger partial charge in [-0.15, -0.1) is 0 Å². The van der Waals surface area contributed by atoms with Crippen molar-refractivity contribution in [1.29, 1.82) is 0 Å². The molecule has 2 rings (SSSR count). The highest BCUT2D eigenvalue weighted by atomic mass is 32.1. The van der Waals surface area contributed by atoms with Gasteiger partial charge in [0.1, 0.15) is 0 Å². The van der Waals surface area contributed by atoms with E-state index in [9.17, 15) is 9.90 Å². The van der Waals surface area contributed by atoms with Gasteiger partial charge in [0.05, 0.1) is 6.10 Å². The third-order valence-corrected chi connectivity index (χ3v) is 3.81. The number of nitrogens with one attached hydrogen (secondary N) is 1. The summed E-state index contributed by atoms with van der Waals surface area (Å²) in [5, 5.41) is 16.4. The largest absolute Gasteiger partial charge is 0.387 e. The van der Waals surface area contributed by atoms with Crippen LogP contribution in [0.15, 0.2) is 47.2 Å². The molecular weight excluding hydrogens is 282 g/mol. The Hall–Kier alpha value is -1.91. The summed E-state index contributed by atoms with van der Waals surface area (Å²) >= 11 is 1.53. The SMILES string of the molecule is Cc1ccc(/C=C/CC(=O)NCC(O)c2ccsc2)cc1. The van der Waals surface area contributed by atoms with Gasteiger partial charge in [-0.25, -0.2) is 0 Å². The van der Waals surface area contributed by atoms with Gasteiger partial charge in [0.2, 0.25) is 5.91 Å². The Kier molecular flexibility index (Phi) is 5.72. The first-order valence-electron chi connectivity index (χ1n) is 6.85. The molecule has 110 valence electrons. The number of aliphatic hydroxyl groups excluding tert-OH is 1. The molecule has 0 aliphatic carbocycles. The van der Waals surface area contributed by atoms with Crippen LogP contribution in [-0.2, 0) is 4.79 Å². The number of aliphatic hydroxyl groups is 1. The standard InChI is InChI=1S/C17H19NO2S/c1-13-5-7-14(8-6-13)3-2-4-17(20)18-11-16(19)15-9-10-21-12-15/h2-3,5-10,12,16,19H,4,11H2,1H3,(H,18,20)/b3-2+. The van der Waals surface area contributed by atoms with E-state index in [1.54, 1.807) is 0 Å². The summed E-state index contributed by atoms with van der Waals surface area (Å²) in [5.74, 6) is -0.0901. The van der Waals surface area contributed by atoms with Crippen LogP contribution in [0.1, 0.15) is 29.2 Å². The number of hydrogen-bond donors (Lipinski definition) is 2. The van der Waals surface area contributed by atoms with Gasteiger partial charge >= 0.3 is 0 Å². The van der Waals surface area contributed by atoms with Crippen molar-refractivity contribution in [2.75, 3.05) is 6.54 Å². The molecule has 0 aliphatic heterocycles. The van der Waals surface area contributed by atoms with Crippen molar-refractivity contribution >= 4 is 23.3 Å². The Bertz CT molecular complexity index is 588. The van der Waals surface area contributed by atoms with Crippen molar-refractivity contribution < 1.29 is 9.90 Å². The fraction of sp³-hybridized carbons (Fsp3) is 0.235. The molecular formula is C17H19NO2S. The number of aryl methyl sites for hydroxylation is 1. The van der Waals surface area contributed by atoms with Crippen LogP contribution >= 0.6 is 11.3 Å². The molecule has 1 aromatic heterocycles. The molecule has 2 N–H and O–H groups in total. The zero-order chi connectivity index (χ0) is 15.1. The highest BCUT2D eigenvalue weighted by molar-refractivity contribution is 7.07. The fourth-order valence-electron chi connectivity index (χ4n) is 1.84. The van der Waals surface area contributed by atoms with E-state index in [1.165, 1.54) is 16.9 Å². The first-order valence-corrected chi connectivity index (χ1v) is 7.79. The number of carbonyl (C=O) groups excluding carboxylic acids is 1. The Labute approximate surface area is 128 Å². The topological polar surface area (TPSA) is 49.3 Å². The van der Waals surface area contributed by atoms with Crippen molar-refractivity contribution in [2.24, 2.45) is 0 Å². The minimum absolute atomic E-state index is 0.0901. The summed E-state index contributed by atoms with van der Waals surface area (Å²) in [6.45, 7) is 2.29. The molecule has 0 saturated heterocycles. The molecule has 0 spiro atoms. The lowest BCUT2D eigenvalue weighted by atomic mass is 10.1. The predicted molar refractivity (Wildman–Crippen MR) is 87.1 cm³/mol. The molecule has 1 atom stereocenters. The van der Waals surface area contributed by atoms with Gasteiger partial charge in [0.25, 0.3) is 0 Å². The number of amides is 1. The van der Waals surface area contributed by atoms with Crippen LogP contribution in [0.5, 0.6) is 0 Å². The van der Waals surface area contributed by atoms with Crippen molar-refractivity contribution in [3.8, 4) is 0 Å². The van der Waals surface area contributed by atoms with Crippen LogP contribution in [0.3, 0.4) is 0 Å². The molecule has 0 saturated carbocycles. The summed E-state index contributed by atoms with van der Waals surface area (Å²) in [4.78, 5) is 11.7. The van der Waals surface area contributed by atoms with Crippen LogP contribution < -0.4 is 5.32 Å². The van der Waals surface area contributed by atoms with Crippen molar-refractivity contribution in [1.82, 2.24) is 5.32 Å². The van der Waals surface area contributed by atoms with Gasteiger partial charge in [-0.05, 0) is 34.9 Å². The molecule has 4 heteroatoms. The molecule has 1 unspecified atom stereocenters. The van der Waals surface area contributed by atoms with E-state index in [0.717, 1.165) is 11.1 Å². The summed E-state index contributed by atoms with van der Waals surface area (Å²) in [7, 11) is 0. The lowest BCUT2D eigenvalue weighted by Crippen LogP contribution is -2.27. The van der Waals surface area contributed by atoms with E-state index in [4.69, 9.17) is 0 Å². The third-order valence-electron chi connectivity index (χ3n) is 3.11. The second-order valence-electron chi connectivity index (χ2n) is 4.89. The fourth-order valence-corrected chi connectivity index (χ4v) is 2.55. The first-order chi connectivity index (χ1) is 10.1. The molecule has 1 heterocycles. The third kappa shape index (κ3) is 5.17. The Balaban J connectivity index is 1.73. The van der Waals surface area contributed by atoms with Gasteiger partial charge in [-0.3, -0.25) is 4.79 Å². The summed E-state index contributed by atoms with van der Waals surface area (Å²) in [6.07, 6.45) is 3.43. The zero-order valence-electron chi connectivity index (χ0n) is 12.0. The van der Waals surface area contributed by atoms with E-state index in [1.807, 2.05) is 60.2 Å². The van der Waals surface area contributed by atoms with Crippen LogP contribution in [0, 0.1) is 6.92 Å². The summed E-state index contributed by atoms with van der Waals surface area (Å²) < 4.78 is 0. The number of carbonyl (C=O) groups is 1. The first kappa shape index (κ1) is 15.5. The highest BCUT2D eigenvalue weighted by Crippen LogP contribution is 2.15. The minimum Gasteiger partial charge on any atom is -0.387 e. The van der Waals surface area contributed by atoms with Gasteiger partial charge < -0.3 is 10.4 Å². The van der Waals surface area contributed by atoms with Crippen molar-refractivity contribution in [3.63, 3.8) is 0 Å². The van der Waals surface area contributed by atoms with Crippen LogP contribution in [-0.4, -0.2) is 17.6 Å². The maximum atomic E-state index is 11.7. The number of benzene rings is 1. The molecule has 21 heavy (non-hydrogen) atoms. The maximum absolute atomic E-state index is 11.7. The van der Waals surface area contributed by atoms with Crippen LogP contribution in [0.25, 0.3) is 6.08 Å². The second kappa shape index (κ2) is 7.76. The molecule has 0 fully saturated rings. The molecule has 2 aromatic rings. The van der Waals surface area contributed by atoms with Crippen molar-refractivity contribution in [3.05, 3.63) is 63.9 Å². The quantitative estimate of drug-likeness (QED) is 0.860. The van der Waals surface area contributed by atoms with Gasteiger partial charge in [0, 0.05) is 13.0 Å². The van der Waals surface area contributed by atoms with Crippen LogP contribution in [0.2, 0.25) is 0 Å². The Morgan fingerprint density at radius 3 is 2.76 bits per heavy atom. The van der Waals surface area contributed by atoms with E-state index < -0.39 is 6.10 Å². The lowest BCUT2D eigenvalue weighted by molar-refractivity contribution is -0.120. The minimum atomic E-state index is -0.638. The van der Waals surface area contributed by atoms with E-state index >= 15 is 0 Å². The monoisotopic (exact) mass is 301 g/mol. The van der Waals surface area contributed by atoms with E-state index in [-0.39, 0.29) is 12.5 Å². The summed E-state index contributed by atoms with van der Waals surface area (Å²) in [5.41, 5.74) is 3.13. The average Bonchev–Trinajstić information content (AvgIpc) is 3.01. The Morgan fingerprint density at radius 2 is 2.10 bits per heavy atom. The second-order valence-corrected chi connectivity index (χ2v) is 5.67. The van der Waals surface area contributed by atoms with E-state index in [2.05, 4.69) is 5.32 Å². The predicted octanol–water partition coefficient (Wildman–Crippen LogP) is 3.31. The average molecular weight is 301 g/mol.